The Bertz CT molecular complexity index is 1150. The van der Waals surface area contributed by atoms with Crippen LogP contribution in [0.5, 0.6) is 5.75 Å². The van der Waals surface area contributed by atoms with Crippen LogP contribution in [-0.4, -0.2) is 23.7 Å². The van der Waals surface area contributed by atoms with Gasteiger partial charge in [-0.3, -0.25) is 9.99 Å². The van der Waals surface area contributed by atoms with Crippen molar-refractivity contribution in [1.82, 2.24) is 9.99 Å². The number of hydrogen-bond donors (Lipinski definition) is 0. The van der Waals surface area contributed by atoms with Crippen molar-refractivity contribution in [2.45, 2.75) is 20.5 Å². The number of aromatic nitrogens is 1. The highest BCUT2D eigenvalue weighted by Crippen LogP contribution is 2.30. The molecule has 7 nitrogen and oxygen atoms in total. The molecule has 0 amide bonds. The van der Waals surface area contributed by atoms with Gasteiger partial charge in [-0.05, 0) is 61.0 Å². The fraction of sp³-hybridized carbons (Fsp3) is 0.217. The largest absolute Gasteiger partial charge is 0.487 e. The second-order valence-corrected chi connectivity index (χ2v) is 7.23. The number of rotatable bonds is 5. The molecule has 0 fully saturated rings. The summed E-state index contributed by atoms with van der Waals surface area (Å²) in [6, 6.07) is 19.7. The summed E-state index contributed by atoms with van der Waals surface area (Å²) in [5, 5.41) is 21.5. The molecule has 2 heterocycles. The maximum absolute atomic E-state index is 9.66. The minimum atomic E-state index is 0.328. The van der Waals surface area contributed by atoms with E-state index in [2.05, 4.69) is 21.5 Å². The van der Waals surface area contributed by atoms with Crippen molar-refractivity contribution in [3.05, 3.63) is 77.0 Å². The monoisotopic (exact) mass is 398 g/mol. The van der Waals surface area contributed by atoms with E-state index < -0.39 is 0 Å². The quantitative estimate of drug-likeness (QED) is 0.616. The summed E-state index contributed by atoms with van der Waals surface area (Å²) in [4.78, 5) is 4.54. The molecule has 30 heavy (non-hydrogen) atoms. The number of hydrogen-bond acceptors (Lipinski definition) is 7. The Balaban J connectivity index is 1.59. The number of nitrogens with zero attached hydrogens (tertiary/aromatic N) is 6. The molecule has 3 aromatic rings. The summed E-state index contributed by atoms with van der Waals surface area (Å²) in [5.41, 5.74) is 6.19. The third kappa shape index (κ3) is 3.94. The lowest BCUT2D eigenvalue weighted by atomic mass is 10.1. The molecule has 1 aliphatic heterocycles. The molecule has 1 aromatic heterocycles. The standard InChI is InChI=1S/C23H22N6O/c1-16-6-4-9-22(29-15-28(3)26-27-29)20(16)14-30-23-11-10-18(12-19(23)13-24)21-8-5-7-17(2)25-21/h4-12H,14-15H2,1-3H3. The van der Waals surface area contributed by atoms with Gasteiger partial charge in [0.15, 0.2) is 0 Å². The van der Waals surface area contributed by atoms with Crippen molar-refractivity contribution in [1.29, 1.82) is 5.26 Å². The summed E-state index contributed by atoms with van der Waals surface area (Å²) in [6.45, 7) is 4.90. The second kappa shape index (κ2) is 8.21. The molecule has 0 saturated heterocycles. The molecular formula is C23H22N6O. The zero-order chi connectivity index (χ0) is 21.1. The summed E-state index contributed by atoms with van der Waals surface area (Å²) >= 11 is 0. The van der Waals surface area contributed by atoms with Crippen molar-refractivity contribution in [2.24, 2.45) is 10.4 Å². The molecule has 0 bridgehead atoms. The molecular weight excluding hydrogens is 376 g/mol. The van der Waals surface area contributed by atoms with E-state index in [-0.39, 0.29) is 0 Å². The Labute approximate surface area is 175 Å². The van der Waals surface area contributed by atoms with Gasteiger partial charge in [-0.1, -0.05) is 23.4 Å². The molecule has 0 unspecified atom stereocenters. The van der Waals surface area contributed by atoms with E-state index in [1.807, 2.05) is 80.5 Å². The lowest BCUT2D eigenvalue weighted by Gasteiger charge is -2.19. The highest BCUT2D eigenvalue weighted by atomic mass is 16.5. The molecule has 7 heteroatoms. The van der Waals surface area contributed by atoms with Crippen LogP contribution in [0, 0.1) is 25.2 Å². The third-order valence-electron chi connectivity index (χ3n) is 4.96. The fourth-order valence-electron chi connectivity index (χ4n) is 3.36. The van der Waals surface area contributed by atoms with Gasteiger partial charge in [-0.25, -0.2) is 5.01 Å². The van der Waals surface area contributed by atoms with Crippen molar-refractivity contribution < 1.29 is 4.74 Å². The van der Waals surface area contributed by atoms with E-state index in [0.717, 1.165) is 33.8 Å². The first-order valence-electron chi connectivity index (χ1n) is 9.65. The van der Waals surface area contributed by atoms with Gasteiger partial charge in [0.05, 0.1) is 16.9 Å². The molecule has 2 aromatic carbocycles. The van der Waals surface area contributed by atoms with Crippen molar-refractivity contribution in [3.63, 3.8) is 0 Å². The minimum absolute atomic E-state index is 0.328. The summed E-state index contributed by atoms with van der Waals surface area (Å²) in [6.07, 6.45) is 0. The van der Waals surface area contributed by atoms with Crippen LogP contribution in [-0.2, 0) is 6.61 Å². The molecule has 0 spiro atoms. The zero-order valence-electron chi connectivity index (χ0n) is 17.2. The SMILES string of the molecule is Cc1cccc(-c2ccc(OCc3c(C)cccc3N3CN(C)N=N3)c(C#N)c2)n1. The van der Waals surface area contributed by atoms with Gasteiger partial charge in [0.25, 0.3) is 0 Å². The van der Waals surface area contributed by atoms with Gasteiger partial charge in [-0.15, -0.1) is 0 Å². The van der Waals surface area contributed by atoms with E-state index >= 15 is 0 Å². The van der Waals surface area contributed by atoms with Crippen LogP contribution >= 0.6 is 0 Å². The van der Waals surface area contributed by atoms with Crippen molar-refractivity contribution >= 4 is 5.69 Å². The third-order valence-corrected chi connectivity index (χ3v) is 4.96. The molecule has 0 N–H and O–H groups in total. The molecule has 1 aliphatic rings. The first-order valence-corrected chi connectivity index (χ1v) is 9.65. The molecule has 0 saturated carbocycles. The number of ether oxygens (including phenoxy) is 1. The topological polar surface area (TPSA) is 77.1 Å². The van der Waals surface area contributed by atoms with Gasteiger partial charge in [0.1, 0.15) is 25.1 Å². The maximum atomic E-state index is 9.66. The zero-order valence-corrected chi connectivity index (χ0v) is 17.2. The highest BCUT2D eigenvalue weighted by Gasteiger charge is 2.19. The van der Waals surface area contributed by atoms with Crippen LogP contribution < -0.4 is 9.75 Å². The first-order chi connectivity index (χ1) is 14.5. The van der Waals surface area contributed by atoms with Gasteiger partial charge >= 0.3 is 0 Å². The highest BCUT2D eigenvalue weighted by molar-refractivity contribution is 5.64. The van der Waals surface area contributed by atoms with Gasteiger partial charge < -0.3 is 4.74 Å². The lowest BCUT2D eigenvalue weighted by molar-refractivity contribution is 0.304. The van der Waals surface area contributed by atoms with E-state index in [4.69, 9.17) is 4.74 Å². The summed E-state index contributed by atoms with van der Waals surface area (Å²) in [7, 11) is 1.87. The molecule has 0 aliphatic carbocycles. The van der Waals surface area contributed by atoms with Gasteiger partial charge in [0, 0.05) is 23.9 Å². The fourth-order valence-corrected chi connectivity index (χ4v) is 3.36. The van der Waals surface area contributed by atoms with E-state index in [9.17, 15) is 5.26 Å². The second-order valence-electron chi connectivity index (χ2n) is 7.23. The number of benzene rings is 2. The normalized spacial score (nSPS) is 12.9. The van der Waals surface area contributed by atoms with Crippen LogP contribution in [0.15, 0.2) is 65.0 Å². The molecule has 0 atom stereocenters. The van der Waals surface area contributed by atoms with E-state index in [1.165, 1.54) is 0 Å². The van der Waals surface area contributed by atoms with Gasteiger partial charge in [-0.2, -0.15) is 5.26 Å². The Morgan fingerprint density at radius 1 is 1.07 bits per heavy atom. The Hall–Kier alpha value is -3.92. The molecule has 4 rings (SSSR count). The van der Waals surface area contributed by atoms with Crippen molar-refractivity contribution in [3.8, 4) is 23.1 Å². The average molecular weight is 398 g/mol. The van der Waals surface area contributed by atoms with Crippen LogP contribution in [0.2, 0.25) is 0 Å². The van der Waals surface area contributed by atoms with E-state index in [1.54, 1.807) is 5.01 Å². The Kier molecular flexibility index (Phi) is 5.31. The van der Waals surface area contributed by atoms with Crippen LogP contribution in [0.4, 0.5) is 5.69 Å². The molecule has 0 radical (unpaired) electrons. The van der Waals surface area contributed by atoms with Crippen LogP contribution in [0.3, 0.4) is 0 Å². The average Bonchev–Trinajstić information content (AvgIpc) is 3.18. The minimum Gasteiger partial charge on any atom is -0.487 e. The van der Waals surface area contributed by atoms with E-state index in [0.29, 0.717) is 24.6 Å². The number of nitriles is 1. The molecule has 150 valence electrons. The smallest absolute Gasteiger partial charge is 0.137 e. The number of aryl methyl sites for hydroxylation is 2. The Morgan fingerprint density at radius 3 is 2.63 bits per heavy atom. The number of anilines is 1. The summed E-state index contributed by atoms with van der Waals surface area (Å²) in [5.74, 6) is 0.545. The maximum Gasteiger partial charge on any atom is 0.137 e. The number of pyridine rings is 1. The first kappa shape index (κ1) is 19.4. The van der Waals surface area contributed by atoms with Crippen LogP contribution in [0.1, 0.15) is 22.4 Å². The van der Waals surface area contributed by atoms with Crippen molar-refractivity contribution in [2.75, 3.05) is 18.7 Å². The van der Waals surface area contributed by atoms with Crippen LogP contribution in [0.25, 0.3) is 11.3 Å². The predicted octanol–water partition coefficient (Wildman–Crippen LogP) is 4.81. The summed E-state index contributed by atoms with van der Waals surface area (Å²) < 4.78 is 6.08. The predicted molar refractivity (Wildman–Crippen MR) is 115 cm³/mol. The lowest BCUT2D eigenvalue weighted by Crippen LogP contribution is -2.23. The Morgan fingerprint density at radius 2 is 1.90 bits per heavy atom. The van der Waals surface area contributed by atoms with Gasteiger partial charge in [0.2, 0.25) is 0 Å².